The average Bonchev–Trinajstić information content (AvgIpc) is 2.63. The van der Waals surface area contributed by atoms with Crippen molar-refractivity contribution < 1.29 is 9.53 Å². The quantitative estimate of drug-likeness (QED) is 0.428. The Hall–Kier alpha value is -0.463. The summed E-state index contributed by atoms with van der Waals surface area (Å²) in [6.07, 6.45) is 1.80. The van der Waals surface area contributed by atoms with Crippen molar-refractivity contribution in [2.45, 2.75) is 46.3 Å². The predicted octanol–water partition coefficient (Wildman–Crippen LogP) is 3.80. The Bertz CT molecular complexity index is 438. The summed E-state index contributed by atoms with van der Waals surface area (Å²) in [6, 6.07) is 1.12. The maximum Gasteiger partial charge on any atom is 0.200 e. The Morgan fingerprint density at radius 3 is 2.63 bits per heavy atom. The summed E-state index contributed by atoms with van der Waals surface area (Å²) < 4.78 is 8.11. The lowest BCUT2D eigenvalue weighted by atomic mass is 10.1. The number of rotatable bonds is 7. The van der Waals surface area contributed by atoms with E-state index in [9.17, 15) is 4.79 Å². The van der Waals surface area contributed by atoms with E-state index in [2.05, 4.69) is 40.6 Å². The fraction of sp³-hybridized carbons (Fsp3) is 0.692. The molecule has 0 saturated carbocycles. The monoisotopic (exact) mass is 346 g/mol. The second-order valence-electron chi connectivity index (χ2n) is 6.22. The molecule has 108 valence electrons. The van der Waals surface area contributed by atoms with Crippen LogP contribution in [0, 0.1) is 5.92 Å². The number of aromatic nitrogens is 2. The van der Waals surface area contributed by atoms with Gasteiger partial charge in [0.05, 0.1) is 0 Å². The highest BCUT2D eigenvalue weighted by atomic mass is 79.9. The Morgan fingerprint density at radius 1 is 1.47 bits per heavy atom. The highest BCUT2D eigenvalue weighted by Crippen LogP contribution is 2.14. The summed E-state index contributed by atoms with van der Waals surface area (Å²) in [5, 5.41) is 0. The van der Waals surface area contributed by atoms with Gasteiger partial charge in [-0.25, -0.2) is 4.98 Å². The van der Waals surface area contributed by atoms with Gasteiger partial charge in [0.2, 0.25) is 5.78 Å². The average molecular weight is 347 g/mol. The fourth-order valence-corrected chi connectivity index (χ4v) is 2.65. The van der Waals surface area contributed by atoms with E-state index in [-0.39, 0.29) is 11.7 Å². The van der Waals surface area contributed by atoms with Gasteiger partial charge in [-0.15, -0.1) is 0 Å². The molecule has 0 radical (unpaired) electrons. The number of carbonyl (C=O) groups is 1. The van der Waals surface area contributed by atoms with Crippen molar-refractivity contribution in [1.82, 2.24) is 9.55 Å². The molecule has 19 heavy (non-hydrogen) atoms. The molecule has 1 heterocycles. The van der Waals surface area contributed by atoms with Gasteiger partial charge in [-0.3, -0.25) is 4.79 Å². The van der Waals surface area contributed by atoms with Crippen molar-refractivity contribution in [3.05, 3.63) is 16.6 Å². The van der Waals surface area contributed by atoms with Crippen molar-refractivity contribution in [3.8, 4) is 0 Å². The third-order valence-corrected chi connectivity index (χ3v) is 4.80. The van der Waals surface area contributed by atoms with Crippen LogP contribution in [0.1, 0.15) is 24.5 Å². The van der Waals surface area contributed by atoms with Gasteiger partial charge in [-0.1, -0.05) is 33.5 Å². The largest absolute Gasteiger partial charge is 0.361 e. The first kappa shape index (κ1) is 16.6. The first-order valence-electron chi connectivity index (χ1n) is 6.55. The number of nitrogens with zero attached hydrogens (tertiary/aromatic N) is 2. The Labute approximate surface area is 124 Å². The smallest absolute Gasteiger partial charge is 0.200 e. The fourth-order valence-electron chi connectivity index (χ4n) is 1.48. The number of hydrogen-bond acceptors (Lipinski definition) is 3. The molecule has 0 aliphatic rings. The van der Waals surface area contributed by atoms with Gasteiger partial charge in [0.1, 0.15) is 11.3 Å². The summed E-state index contributed by atoms with van der Waals surface area (Å²) in [4.78, 5) is 16.2. The molecule has 0 N–H and O–H groups in total. The van der Waals surface area contributed by atoms with Crippen LogP contribution in [0.25, 0.3) is 0 Å². The summed E-state index contributed by atoms with van der Waals surface area (Å²) in [5.74, 6) is 0.449. The van der Waals surface area contributed by atoms with Crippen molar-refractivity contribution >= 4 is 29.8 Å². The van der Waals surface area contributed by atoms with E-state index >= 15 is 0 Å². The number of imidazole rings is 1. The molecule has 1 aromatic heterocycles. The zero-order chi connectivity index (χ0) is 14.6. The van der Waals surface area contributed by atoms with Gasteiger partial charge in [0.25, 0.3) is 0 Å². The highest BCUT2D eigenvalue weighted by Gasteiger charge is 2.18. The number of hydrogen-bond donors (Lipinski definition) is 0. The number of ether oxygens (including phenoxy) is 1. The standard InChI is InChI=1S/C13H23BrN2O2Si/c1-10(2)12(17)13-15-11(14)8-16(13)9-18-6-7-19(3,4)5/h8,10H,6-7,9H2,1-5H3. The minimum absolute atomic E-state index is 0.0412. The Morgan fingerprint density at radius 2 is 2.11 bits per heavy atom. The van der Waals surface area contributed by atoms with E-state index in [1.54, 1.807) is 10.8 Å². The second kappa shape index (κ2) is 6.81. The summed E-state index contributed by atoms with van der Waals surface area (Å²) in [5.41, 5.74) is 0. The first-order chi connectivity index (χ1) is 8.70. The lowest BCUT2D eigenvalue weighted by molar-refractivity contribution is 0.0778. The summed E-state index contributed by atoms with van der Waals surface area (Å²) in [7, 11) is -1.07. The maximum atomic E-state index is 12.0. The third-order valence-electron chi connectivity index (χ3n) is 2.72. The van der Waals surface area contributed by atoms with Crippen LogP contribution in [0.4, 0.5) is 0 Å². The third kappa shape index (κ3) is 5.58. The Balaban J connectivity index is 2.61. The molecule has 0 unspecified atom stereocenters. The van der Waals surface area contributed by atoms with Crippen molar-refractivity contribution in [3.63, 3.8) is 0 Å². The van der Waals surface area contributed by atoms with Gasteiger partial charge in [0.15, 0.2) is 5.82 Å². The molecule has 0 fully saturated rings. The molecule has 0 aliphatic heterocycles. The molecule has 0 atom stereocenters. The SMILES string of the molecule is CC(C)C(=O)c1nc(Br)cn1COCC[Si](C)(C)C. The van der Waals surface area contributed by atoms with Crippen molar-refractivity contribution in [1.29, 1.82) is 0 Å². The lowest BCUT2D eigenvalue weighted by Crippen LogP contribution is -2.22. The number of Topliss-reactive ketones (excluding diaryl/α,β-unsaturated/α-hetero) is 1. The Kier molecular flexibility index (Phi) is 5.95. The van der Waals surface area contributed by atoms with E-state index < -0.39 is 8.07 Å². The molecule has 0 bridgehead atoms. The first-order valence-corrected chi connectivity index (χ1v) is 11.1. The summed E-state index contributed by atoms with van der Waals surface area (Å²) >= 11 is 3.31. The lowest BCUT2D eigenvalue weighted by Gasteiger charge is -2.16. The molecular formula is C13H23BrN2O2Si. The highest BCUT2D eigenvalue weighted by molar-refractivity contribution is 9.10. The zero-order valence-electron chi connectivity index (χ0n) is 12.4. The number of halogens is 1. The van der Waals surface area contributed by atoms with Crippen LogP contribution in [0.15, 0.2) is 10.8 Å². The van der Waals surface area contributed by atoms with E-state index in [1.807, 2.05) is 13.8 Å². The molecule has 0 aliphatic carbocycles. The van der Waals surface area contributed by atoms with Crippen LogP contribution < -0.4 is 0 Å². The van der Waals surface area contributed by atoms with Crippen molar-refractivity contribution in [2.75, 3.05) is 6.61 Å². The minimum atomic E-state index is -1.07. The molecule has 0 amide bonds. The molecular weight excluding hydrogens is 324 g/mol. The molecule has 1 rings (SSSR count). The number of ketones is 1. The van der Waals surface area contributed by atoms with Crippen LogP contribution in [-0.2, 0) is 11.5 Å². The van der Waals surface area contributed by atoms with E-state index in [4.69, 9.17) is 4.74 Å². The van der Waals surface area contributed by atoms with E-state index in [1.165, 1.54) is 0 Å². The molecule has 0 aromatic carbocycles. The molecule has 6 heteroatoms. The van der Waals surface area contributed by atoms with Crippen LogP contribution in [0.3, 0.4) is 0 Å². The van der Waals surface area contributed by atoms with Crippen LogP contribution in [0.2, 0.25) is 25.7 Å². The van der Waals surface area contributed by atoms with Crippen LogP contribution in [-0.4, -0.2) is 30.0 Å². The molecule has 0 saturated heterocycles. The summed E-state index contributed by atoms with van der Waals surface area (Å²) in [6.45, 7) is 11.8. The predicted molar refractivity (Wildman–Crippen MR) is 83.2 cm³/mol. The van der Waals surface area contributed by atoms with Crippen molar-refractivity contribution in [2.24, 2.45) is 5.92 Å². The molecule has 4 nitrogen and oxygen atoms in total. The molecule has 0 spiro atoms. The molecule has 1 aromatic rings. The normalized spacial score (nSPS) is 12.2. The minimum Gasteiger partial charge on any atom is -0.361 e. The van der Waals surface area contributed by atoms with E-state index in [0.717, 1.165) is 12.7 Å². The maximum absolute atomic E-state index is 12.0. The van der Waals surface area contributed by atoms with Gasteiger partial charge in [-0.05, 0) is 22.0 Å². The van der Waals surface area contributed by atoms with Gasteiger partial charge in [0, 0.05) is 26.8 Å². The van der Waals surface area contributed by atoms with Gasteiger partial charge in [-0.2, -0.15) is 0 Å². The zero-order valence-corrected chi connectivity index (χ0v) is 15.0. The number of carbonyl (C=O) groups excluding carboxylic acids is 1. The second-order valence-corrected chi connectivity index (χ2v) is 12.7. The van der Waals surface area contributed by atoms with Crippen LogP contribution in [0.5, 0.6) is 0 Å². The van der Waals surface area contributed by atoms with Crippen LogP contribution >= 0.6 is 15.9 Å². The van der Waals surface area contributed by atoms with E-state index in [0.29, 0.717) is 17.2 Å². The van der Waals surface area contributed by atoms with Gasteiger partial charge < -0.3 is 9.30 Å². The topological polar surface area (TPSA) is 44.1 Å². The van der Waals surface area contributed by atoms with Gasteiger partial charge >= 0.3 is 0 Å².